The van der Waals surface area contributed by atoms with Crippen molar-refractivity contribution in [1.82, 2.24) is 14.4 Å². The molecule has 0 spiro atoms. The maximum atomic E-state index is 11.1. The van der Waals surface area contributed by atoms with Crippen molar-refractivity contribution in [2.24, 2.45) is 5.14 Å². The lowest BCUT2D eigenvalue weighted by molar-refractivity contribution is 0.593. The summed E-state index contributed by atoms with van der Waals surface area (Å²) >= 11 is 5.62. The first-order chi connectivity index (χ1) is 6.50. The Morgan fingerprint density at radius 2 is 2.21 bits per heavy atom. The minimum atomic E-state index is -3.89. The standard InChI is InChI=1S/C6H5ClN4O2S/c7-4-5(14(8,12)13)11-3-1-2-9-6(11)10-4/h1-3H,(H2,8,12,13). The molecule has 0 saturated heterocycles. The van der Waals surface area contributed by atoms with E-state index < -0.39 is 10.0 Å². The maximum Gasteiger partial charge on any atom is 0.257 e. The molecule has 14 heavy (non-hydrogen) atoms. The first-order valence-electron chi connectivity index (χ1n) is 3.51. The van der Waals surface area contributed by atoms with Gasteiger partial charge in [0, 0.05) is 12.4 Å². The number of nitrogens with zero attached hydrogens (tertiary/aromatic N) is 3. The average Bonchev–Trinajstić information content (AvgIpc) is 2.38. The number of hydrogen-bond acceptors (Lipinski definition) is 4. The fraction of sp³-hybridized carbons (Fsp3) is 0. The largest absolute Gasteiger partial charge is 0.272 e. The van der Waals surface area contributed by atoms with Crippen LogP contribution in [0.15, 0.2) is 23.5 Å². The summed E-state index contributed by atoms with van der Waals surface area (Å²) in [5.74, 6) is 0.196. The van der Waals surface area contributed by atoms with E-state index in [0.717, 1.165) is 0 Å². The van der Waals surface area contributed by atoms with E-state index in [4.69, 9.17) is 16.7 Å². The third kappa shape index (κ3) is 1.35. The molecule has 2 aromatic rings. The number of sulfonamides is 1. The molecule has 0 fully saturated rings. The monoisotopic (exact) mass is 232 g/mol. The van der Waals surface area contributed by atoms with Crippen molar-refractivity contribution in [2.75, 3.05) is 0 Å². The molecule has 0 aliphatic heterocycles. The van der Waals surface area contributed by atoms with Crippen molar-refractivity contribution in [1.29, 1.82) is 0 Å². The molecular weight excluding hydrogens is 228 g/mol. The minimum Gasteiger partial charge on any atom is -0.272 e. The molecule has 2 heterocycles. The molecular formula is C6H5ClN4O2S. The second-order valence-electron chi connectivity index (χ2n) is 2.54. The second-order valence-corrected chi connectivity index (χ2v) is 4.38. The van der Waals surface area contributed by atoms with Crippen LogP contribution in [-0.4, -0.2) is 22.8 Å². The molecule has 0 saturated carbocycles. The second kappa shape index (κ2) is 2.91. The summed E-state index contributed by atoms with van der Waals surface area (Å²) in [7, 11) is -3.89. The lowest BCUT2D eigenvalue weighted by Crippen LogP contribution is -2.15. The molecule has 6 nitrogen and oxygen atoms in total. The molecule has 0 radical (unpaired) electrons. The van der Waals surface area contributed by atoms with Crippen LogP contribution >= 0.6 is 11.6 Å². The SMILES string of the molecule is NS(=O)(=O)c1c(Cl)nc2ncccn12. The number of primary sulfonamides is 1. The number of rotatable bonds is 1. The molecule has 0 atom stereocenters. The minimum absolute atomic E-state index is 0.175. The van der Waals surface area contributed by atoms with Crippen molar-refractivity contribution in [3.63, 3.8) is 0 Å². The summed E-state index contributed by atoms with van der Waals surface area (Å²) in [5, 5.41) is 4.54. The molecule has 2 rings (SSSR count). The van der Waals surface area contributed by atoms with Gasteiger partial charge in [-0.25, -0.2) is 18.5 Å². The van der Waals surface area contributed by atoms with E-state index in [9.17, 15) is 8.42 Å². The maximum absolute atomic E-state index is 11.1. The Balaban J connectivity index is 2.95. The predicted octanol–water partition coefficient (Wildman–Crippen LogP) is 0.0301. The van der Waals surface area contributed by atoms with Gasteiger partial charge in [0.25, 0.3) is 10.0 Å². The van der Waals surface area contributed by atoms with E-state index in [1.165, 1.54) is 16.8 Å². The lowest BCUT2D eigenvalue weighted by Gasteiger charge is -1.96. The van der Waals surface area contributed by atoms with E-state index in [-0.39, 0.29) is 16.0 Å². The van der Waals surface area contributed by atoms with E-state index in [1.54, 1.807) is 6.07 Å². The van der Waals surface area contributed by atoms with Gasteiger partial charge in [-0.1, -0.05) is 11.6 Å². The Bertz CT molecular complexity index is 591. The van der Waals surface area contributed by atoms with Gasteiger partial charge in [0.05, 0.1) is 0 Å². The number of nitrogens with two attached hydrogens (primary N) is 1. The van der Waals surface area contributed by atoms with Gasteiger partial charge in [-0.3, -0.25) is 4.40 Å². The normalized spacial score (nSPS) is 12.1. The number of aromatic nitrogens is 3. The fourth-order valence-corrected chi connectivity index (χ4v) is 2.28. The summed E-state index contributed by atoms with van der Waals surface area (Å²) in [6, 6.07) is 1.56. The van der Waals surface area contributed by atoms with E-state index in [0.29, 0.717) is 0 Å². The molecule has 74 valence electrons. The van der Waals surface area contributed by atoms with Gasteiger partial charge >= 0.3 is 0 Å². The Kier molecular flexibility index (Phi) is 1.95. The van der Waals surface area contributed by atoms with Crippen LogP contribution in [0.5, 0.6) is 0 Å². The van der Waals surface area contributed by atoms with Crippen LogP contribution in [0, 0.1) is 0 Å². The molecule has 0 aromatic carbocycles. The highest BCUT2D eigenvalue weighted by Gasteiger charge is 2.20. The number of halogens is 1. The first kappa shape index (κ1) is 9.38. The smallest absolute Gasteiger partial charge is 0.257 e. The van der Waals surface area contributed by atoms with E-state index in [1.807, 2.05) is 0 Å². The Morgan fingerprint density at radius 3 is 2.86 bits per heavy atom. The van der Waals surface area contributed by atoms with Gasteiger partial charge in [-0.05, 0) is 6.07 Å². The Morgan fingerprint density at radius 1 is 1.50 bits per heavy atom. The molecule has 0 bridgehead atoms. The van der Waals surface area contributed by atoms with Crippen LogP contribution in [0.4, 0.5) is 0 Å². The van der Waals surface area contributed by atoms with Crippen LogP contribution in [0.1, 0.15) is 0 Å². The van der Waals surface area contributed by atoms with Crippen molar-refractivity contribution in [3.8, 4) is 0 Å². The number of hydrogen-bond donors (Lipinski definition) is 1. The van der Waals surface area contributed by atoms with Gasteiger partial charge in [0.1, 0.15) is 0 Å². The fourth-order valence-electron chi connectivity index (χ4n) is 1.09. The molecule has 0 aliphatic rings. The third-order valence-corrected chi connectivity index (χ3v) is 2.89. The average molecular weight is 233 g/mol. The molecule has 0 amide bonds. The van der Waals surface area contributed by atoms with Crippen molar-refractivity contribution >= 4 is 27.4 Å². The van der Waals surface area contributed by atoms with Crippen LogP contribution < -0.4 is 5.14 Å². The van der Waals surface area contributed by atoms with Crippen LogP contribution in [-0.2, 0) is 10.0 Å². The summed E-state index contributed by atoms with van der Waals surface area (Å²) in [5.41, 5.74) is 0. The highest BCUT2D eigenvalue weighted by molar-refractivity contribution is 7.89. The zero-order chi connectivity index (χ0) is 10.3. The zero-order valence-electron chi connectivity index (χ0n) is 6.75. The van der Waals surface area contributed by atoms with Gasteiger partial charge in [0.15, 0.2) is 10.2 Å². The summed E-state index contributed by atoms with van der Waals surface area (Å²) < 4.78 is 23.5. The predicted molar refractivity (Wildman–Crippen MR) is 49.4 cm³/mol. The molecule has 8 heteroatoms. The summed E-state index contributed by atoms with van der Waals surface area (Å²) in [6.45, 7) is 0. The molecule has 0 unspecified atom stereocenters. The van der Waals surface area contributed by atoms with Crippen LogP contribution in [0.2, 0.25) is 5.15 Å². The van der Waals surface area contributed by atoms with E-state index >= 15 is 0 Å². The summed E-state index contributed by atoms with van der Waals surface area (Å²) in [4.78, 5) is 7.56. The molecule has 2 N–H and O–H groups in total. The zero-order valence-corrected chi connectivity index (χ0v) is 8.33. The summed E-state index contributed by atoms with van der Waals surface area (Å²) in [6.07, 6.45) is 2.95. The Labute approximate surface area is 84.4 Å². The van der Waals surface area contributed by atoms with Crippen molar-refractivity contribution < 1.29 is 8.42 Å². The highest BCUT2D eigenvalue weighted by atomic mass is 35.5. The molecule has 0 aliphatic carbocycles. The van der Waals surface area contributed by atoms with Gasteiger partial charge in [-0.15, -0.1) is 0 Å². The Hall–Kier alpha value is -1.18. The quantitative estimate of drug-likeness (QED) is 0.751. The third-order valence-electron chi connectivity index (χ3n) is 1.59. The highest BCUT2D eigenvalue weighted by Crippen LogP contribution is 2.19. The molecule has 2 aromatic heterocycles. The van der Waals surface area contributed by atoms with Gasteiger partial charge in [-0.2, -0.15) is 4.98 Å². The number of fused-ring (bicyclic) bond motifs is 1. The van der Waals surface area contributed by atoms with Gasteiger partial charge in [0.2, 0.25) is 5.78 Å². The van der Waals surface area contributed by atoms with Crippen molar-refractivity contribution in [2.45, 2.75) is 5.03 Å². The lowest BCUT2D eigenvalue weighted by atomic mass is 10.7. The van der Waals surface area contributed by atoms with Crippen LogP contribution in [0.25, 0.3) is 5.78 Å². The van der Waals surface area contributed by atoms with Gasteiger partial charge < -0.3 is 0 Å². The van der Waals surface area contributed by atoms with Crippen LogP contribution in [0.3, 0.4) is 0 Å². The topological polar surface area (TPSA) is 90.4 Å². The first-order valence-corrected chi connectivity index (χ1v) is 5.44. The van der Waals surface area contributed by atoms with E-state index in [2.05, 4.69) is 9.97 Å². The number of imidazole rings is 1. The van der Waals surface area contributed by atoms with Crippen molar-refractivity contribution in [3.05, 3.63) is 23.6 Å².